The molecule has 0 aromatic rings. The topological polar surface area (TPSA) is 76.0 Å². The summed E-state index contributed by atoms with van der Waals surface area (Å²) < 4.78 is 31.5. The molecule has 0 aromatic carbocycles. The maximum absolute atomic E-state index is 9.92. The molecule has 0 radical (unpaired) electrons. The Morgan fingerprint density at radius 2 is 2.18 bits per heavy atom. The second-order valence-corrected chi connectivity index (χ2v) is 2.56. The van der Waals surface area contributed by atoms with E-state index in [2.05, 4.69) is 21.3 Å². The van der Waals surface area contributed by atoms with Gasteiger partial charge in [-0.2, -0.15) is 8.42 Å². The highest BCUT2D eigenvalue weighted by Gasteiger charge is 2.01. The zero-order chi connectivity index (χ0) is 8.91. The van der Waals surface area contributed by atoms with Gasteiger partial charge < -0.3 is 0 Å². The van der Waals surface area contributed by atoms with E-state index in [1.165, 1.54) is 6.92 Å². The lowest BCUT2D eigenvalue weighted by Crippen LogP contribution is -1.99. The van der Waals surface area contributed by atoms with Crippen molar-refractivity contribution < 1.29 is 17.3 Å². The summed E-state index contributed by atoms with van der Waals surface area (Å²) >= 11 is 0. The standard InChI is InChI=1S/C5H7NO4S/c1-3-4-5(2)6-10-11(7,8)9/h1-2H3,(H,7,8,9)/b6-5+. The molecule has 0 saturated heterocycles. The van der Waals surface area contributed by atoms with Crippen molar-refractivity contribution in [1.82, 2.24) is 0 Å². The van der Waals surface area contributed by atoms with Crippen molar-refractivity contribution in [3.63, 3.8) is 0 Å². The van der Waals surface area contributed by atoms with Crippen molar-refractivity contribution in [2.24, 2.45) is 5.16 Å². The Kier molecular flexibility index (Phi) is 3.57. The lowest BCUT2D eigenvalue weighted by atomic mass is 10.4. The maximum atomic E-state index is 9.92. The number of hydrogen-bond donors (Lipinski definition) is 1. The first-order valence-corrected chi connectivity index (χ1v) is 3.95. The van der Waals surface area contributed by atoms with Gasteiger partial charge in [-0.05, 0) is 19.8 Å². The van der Waals surface area contributed by atoms with Crippen LogP contribution < -0.4 is 0 Å². The quantitative estimate of drug-likeness (QED) is 0.283. The Bertz CT molecular complexity index is 305. The molecule has 0 rings (SSSR count). The van der Waals surface area contributed by atoms with Gasteiger partial charge in [0.05, 0.1) is 0 Å². The predicted molar refractivity (Wildman–Crippen MR) is 39.2 cm³/mol. The molecule has 0 aliphatic carbocycles. The summed E-state index contributed by atoms with van der Waals surface area (Å²) in [5.41, 5.74) is 0.171. The van der Waals surface area contributed by atoms with Gasteiger partial charge in [0.25, 0.3) is 0 Å². The summed E-state index contributed by atoms with van der Waals surface area (Å²) in [5, 5.41) is 2.99. The van der Waals surface area contributed by atoms with Gasteiger partial charge in [-0.1, -0.05) is 11.1 Å². The van der Waals surface area contributed by atoms with Crippen LogP contribution in [-0.2, 0) is 14.7 Å². The van der Waals surface area contributed by atoms with E-state index in [1.807, 2.05) is 0 Å². The van der Waals surface area contributed by atoms with Gasteiger partial charge in [0, 0.05) is 0 Å². The Morgan fingerprint density at radius 1 is 1.64 bits per heavy atom. The second kappa shape index (κ2) is 3.95. The zero-order valence-electron chi connectivity index (χ0n) is 6.03. The van der Waals surface area contributed by atoms with Crippen LogP contribution in [-0.4, -0.2) is 18.7 Å². The van der Waals surface area contributed by atoms with Gasteiger partial charge in [-0.15, -0.1) is 0 Å². The van der Waals surface area contributed by atoms with Crippen molar-refractivity contribution in [3.8, 4) is 11.8 Å². The Hall–Kier alpha value is -1.06. The van der Waals surface area contributed by atoms with Crippen LogP contribution in [0.1, 0.15) is 13.8 Å². The van der Waals surface area contributed by atoms with Gasteiger partial charge in [0.1, 0.15) is 5.71 Å². The molecule has 0 fully saturated rings. The van der Waals surface area contributed by atoms with Crippen LogP contribution in [0.15, 0.2) is 5.16 Å². The average molecular weight is 177 g/mol. The summed E-state index contributed by atoms with van der Waals surface area (Å²) in [6, 6.07) is 0. The minimum atomic E-state index is -4.49. The molecule has 62 valence electrons. The molecule has 0 aliphatic rings. The van der Waals surface area contributed by atoms with E-state index in [1.54, 1.807) is 6.92 Å². The summed E-state index contributed by atoms with van der Waals surface area (Å²) in [5.74, 6) is 4.88. The predicted octanol–water partition coefficient (Wildman–Crippen LogP) is 0.205. The molecule has 0 bridgehead atoms. The van der Waals surface area contributed by atoms with Gasteiger partial charge in [0.15, 0.2) is 0 Å². The number of hydrogen-bond acceptors (Lipinski definition) is 4. The number of rotatable bonds is 2. The van der Waals surface area contributed by atoms with Crippen molar-refractivity contribution in [1.29, 1.82) is 0 Å². The molecule has 0 aliphatic heterocycles. The molecule has 0 unspecified atom stereocenters. The first-order chi connectivity index (χ1) is 4.95. The average Bonchev–Trinajstić information content (AvgIpc) is 1.83. The van der Waals surface area contributed by atoms with E-state index in [9.17, 15) is 8.42 Å². The van der Waals surface area contributed by atoms with Crippen LogP contribution in [0.2, 0.25) is 0 Å². The van der Waals surface area contributed by atoms with Gasteiger partial charge in [-0.3, -0.25) is 4.55 Å². The van der Waals surface area contributed by atoms with E-state index >= 15 is 0 Å². The molecule has 11 heavy (non-hydrogen) atoms. The summed E-state index contributed by atoms with van der Waals surface area (Å²) in [7, 11) is -4.49. The van der Waals surface area contributed by atoms with Crippen LogP contribution in [0.4, 0.5) is 0 Å². The third kappa shape index (κ3) is 6.83. The van der Waals surface area contributed by atoms with Crippen LogP contribution >= 0.6 is 0 Å². The minimum absolute atomic E-state index is 0.171. The summed E-state index contributed by atoms with van der Waals surface area (Å²) in [6.45, 7) is 3.01. The van der Waals surface area contributed by atoms with Gasteiger partial charge >= 0.3 is 10.4 Å². The van der Waals surface area contributed by atoms with Crippen molar-refractivity contribution in [2.75, 3.05) is 0 Å². The first-order valence-electron chi connectivity index (χ1n) is 2.59. The second-order valence-electron chi connectivity index (χ2n) is 1.55. The molecule has 1 N–H and O–H groups in total. The van der Waals surface area contributed by atoms with Crippen LogP contribution in [0.5, 0.6) is 0 Å². The lowest BCUT2D eigenvalue weighted by molar-refractivity contribution is 0.282. The highest BCUT2D eigenvalue weighted by molar-refractivity contribution is 7.80. The monoisotopic (exact) mass is 177 g/mol. The van der Waals surface area contributed by atoms with E-state index in [-0.39, 0.29) is 5.71 Å². The normalized spacial score (nSPS) is 11.7. The summed E-state index contributed by atoms with van der Waals surface area (Å²) in [4.78, 5) is 0. The highest BCUT2D eigenvalue weighted by atomic mass is 32.3. The third-order valence-corrected chi connectivity index (χ3v) is 0.837. The molecule has 5 nitrogen and oxygen atoms in total. The minimum Gasteiger partial charge on any atom is -0.253 e. The fourth-order valence-electron chi connectivity index (χ4n) is 0.307. The molecule has 0 atom stereocenters. The van der Waals surface area contributed by atoms with Crippen LogP contribution in [0, 0.1) is 11.8 Å². The molecule has 0 heterocycles. The summed E-state index contributed by atoms with van der Waals surface area (Å²) in [6.07, 6.45) is 0. The fraction of sp³-hybridized carbons (Fsp3) is 0.400. The van der Waals surface area contributed by atoms with E-state index < -0.39 is 10.4 Å². The van der Waals surface area contributed by atoms with E-state index in [0.717, 1.165) is 0 Å². The van der Waals surface area contributed by atoms with Crippen LogP contribution in [0.25, 0.3) is 0 Å². The van der Waals surface area contributed by atoms with E-state index in [0.29, 0.717) is 0 Å². The van der Waals surface area contributed by atoms with E-state index in [4.69, 9.17) is 4.55 Å². The molecular formula is C5H7NO4S. The number of nitrogens with zero attached hydrogens (tertiary/aromatic N) is 1. The molecule has 6 heteroatoms. The lowest BCUT2D eigenvalue weighted by Gasteiger charge is -1.89. The first kappa shape index (κ1) is 9.94. The fourth-order valence-corrected chi connectivity index (χ4v) is 0.513. The molecule has 0 aromatic heterocycles. The zero-order valence-corrected chi connectivity index (χ0v) is 6.84. The van der Waals surface area contributed by atoms with Gasteiger partial charge in [-0.25, -0.2) is 4.28 Å². The van der Waals surface area contributed by atoms with Crippen LogP contribution in [0.3, 0.4) is 0 Å². The third-order valence-electron chi connectivity index (χ3n) is 0.574. The smallest absolute Gasteiger partial charge is 0.253 e. The SMILES string of the molecule is CC#C/C(C)=N/OS(=O)(=O)O. The molecule has 0 amide bonds. The maximum Gasteiger partial charge on any atom is 0.466 e. The largest absolute Gasteiger partial charge is 0.466 e. The number of oxime groups is 1. The molecule has 0 saturated carbocycles. The Morgan fingerprint density at radius 3 is 2.55 bits per heavy atom. The van der Waals surface area contributed by atoms with Gasteiger partial charge in [0.2, 0.25) is 0 Å². The molecule has 0 spiro atoms. The molecular weight excluding hydrogens is 170 g/mol. The Balaban J connectivity index is 4.23. The van der Waals surface area contributed by atoms with Crippen molar-refractivity contribution >= 4 is 16.1 Å². The Labute approximate surface area is 65.0 Å². The van der Waals surface area contributed by atoms with Crippen molar-refractivity contribution in [2.45, 2.75) is 13.8 Å². The highest BCUT2D eigenvalue weighted by Crippen LogP contribution is 1.87. The van der Waals surface area contributed by atoms with Crippen molar-refractivity contribution in [3.05, 3.63) is 0 Å².